The van der Waals surface area contributed by atoms with Crippen LogP contribution >= 0.6 is 11.3 Å². The van der Waals surface area contributed by atoms with Crippen molar-refractivity contribution in [2.75, 3.05) is 0 Å². The van der Waals surface area contributed by atoms with Crippen molar-refractivity contribution in [3.63, 3.8) is 0 Å². The van der Waals surface area contributed by atoms with Crippen molar-refractivity contribution < 1.29 is 12.9 Å². The van der Waals surface area contributed by atoms with Gasteiger partial charge in [-0.25, -0.2) is 0 Å². The molecule has 1 aromatic heterocycles. The number of fused-ring (bicyclic) bond motifs is 1. The van der Waals surface area contributed by atoms with Gasteiger partial charge in [0.2, 0.25) is 0 Å². The van der Waals surface area contributed by atoms with Gasteiger partial charge in [-0.3, -0.25) is 0 Å². The van der Waals surface area contributed by atoms with Crippen LogP contribution in [0.1, 0.15) is 8.42 Å². The first-order valence-electron chi connectivity index (χ1n) is 4.02. The van der Waals surface area contributed by atoms with E-state index in [9.17, 15) is 0 Å². The highest BCUT2D eigenvalue weighted by atomic mass is 32.1. The minimum atomic E-state index is -1.37. The topological polar surface area (TPSA) is 40.5 Å². The van der Waals surface area contributed by atoms with Gasteiger partial charge in [-0.2, -0.15) is 0 Å². The number of aryl methyl sites for hydroxylation is 1. The molecule has 0 atom stereocenters. The van der Waals surface area contributed by atoms with Crippen LogP contribution in [0.4, 0.5) is 0 Å². The molecule has 0 saturated carbocycles. The van der Waals surface area contributed by atoms with Gasteiger partial charge in [0.1, 0.15) is 0 Å². The van der Waals surface area contributed by atoms with Crippen LogP contribution in [0.25, 0.3) is 10.1 Å². The summed E-state index contributed by atoms with van der Waals surface area (Å²) in [4.78, 5) is 0. The van der Waals surface area contributed by atoms with Crippen molar-refractivity contribution in [3.8, 4) is 0 Å². The monoisotopic (exact) mass is 196 g/mol. The molecule has 0 bridgehead atoms. The summed E-state index contributed by atoms with van der Waals surface area (Å²) in [6.07, 6.45) is 0. The maximum absolute atomic E-state index is 9.06. The van der Waals surface area contributed by atoms with Crippen LogP contribution in [0.15, 0.2) is 23.6 Å². The minimum Gasteiger partial charge on any atom is -0.423 e. The first kappa shape index (κ1) is 8.75. The molecule has 2 aromatic rings. The predicted octanol–water partition coefficient (Wildman–Crippen LogP) is 1.38. The van der Waals surface area contributed by atoms with E-state index in [-0.39, 0.29) is 2.85 Å². The van der Waals surface area contributed by atoms with Crippen LogP contribution < -0.4 is 5.46 Å². The maximum Gasteiger partial charge on any atom is 0.489 e. The molecule has 0 amide bonds. The molecule has 0 aliphatic carbocycles. The predicted molar refractivity (Wildman–Crippen MR) is 60.6 cm³/mol. The van der Waals surface area contributed by atoms with E-state index in [1.165, 1.54) is 11.3 Å². The lowest BCUT2D eigenvalue weighted by Crippen LogP contribution is -2.28. The lowest BCUT2D eigenvalue weighted by Gasteiger charge is -1.97. The summed E-state index contributed by atoms with van der Waals surface area (Å²) in [5.41, 5.74) is 1.73. The molecule has 0 saturated heterocycles. The quantitative estimate of drug-likeness (QED) is 0.676. The maximum atomic E-state index is 9.06. The third-order valence-corrected chi connectivity index (χ3v) is 3.02. The van der Waals surface area contributed by atoms with Gasteiger partial charge in [-0.15, -0.1) is 11.3 Å². The molecule has 2 nitrogen and oxygen atoms in total. The Morgan fingerprint density at radius 3 is 2.85 bits per heavy atom. The Balaban J connectivity index is 0.000000980. The largest absolute Gasteiger partial charge is 0.489 e. The van der Waals surface area contributed by atoms with Gasteiger partial charge in [0.15, 0.2) is 0 Å². The van der Waals surface area contributed by atoms with Crippen LogP contribution in [0.3, 0.4) is 0 Å². The van der Waals surface area contributed by atoms with E-state index in [0.717, 1.165) is 15.6 Å². The highest BCUT2D eigenvalue weighted by Gasteiger charge is 2.15. The highest BCUT2D eigenvalue weighted by molar-refractivity contribution is 7.18. The normalized spacial score (nSPS) is 10.7. The lowest BCUT2D eigenvalue weighted by molar-refractivity contribution is 0.426. The van der Waals surface area contributed by atoms with Crippen molar-refractivity contribution >= 4 is 34.0 Å². The fourth-order valence-corrected chi connectivity index (χ4v) is 2.32. The Morgan fingerprint density at radius 1 is 1.38 bits per heavy atom. The molecular weight excluding hydrogens is 183 g/mol. The fraction of sp³-hybridized carbons (Fsp3) is 0.111. The average Bonchev–Trinajstić information content (AvgIpc) is 2.46. The van der Waals surface area contributed by atoms with Crippen molar-refractivity contribution in [3.05, 3.63) is 29.1 Å². The van der Waals surface area contributed by atoms with Gasteiger partial charge in [-0.05, 0) is 23.8 Å². The second kappa shape index (κ2) is 3.14. The molecule has 1 aromatic carbocycles. The Labute approximate surface area is 83.6 Å². The summed E-state index contributed by atoms with van der Waals surface area (Å²) in [7, 11) is -1.37. The molecule has 13 heavy (non-hydrogen) atoms. The number of thiophene rings is 1. The fourth-order valence-electron chi connectivity index (χ4n) is 1.36. The van der Waals surface area contributed by atoms with Crippen LogP contribution in [0, 0.1) is 6.92 Å². The van der Waals surface area contributed by atoms with E-state index in [1.54, 1.807) is 5.38 Å². The van der Waals surface area contributed by atoms with Crippen molar-refractivity contribution in [2.45, 2.75) is 6.92 Å². The van der Waals surface area contributed by atoms with Gasteiger partial charge in [0.25, 0.3) is 0 Å². The van der Waals surface area contributed by atoms with Gasteiger partial charge in [0.05, 0.1) is 0 Å². The number of benzene rings is 1. The Kier molecular flexibility index (Phi) is 2.11. The Hall–Kier alpha value is -0.835. The van der Waals surface area contributed by atoms with Gasteiger partial charge in [0, 0.05) is 13.0 Å². The van der Waals surface area contributed by atoms with E-state index in [4.69, 9.17) is 10.0 Å². The zero-order chi connectivity index (χ0) is 9.42. The first-order valence-corrected chi connectivity index (χ1v) is 4.90. The first-order chi connectivity index (χ1) is 6.18. The van der Waals surface area contributed by atoms with Gasteiger partial charge in [-0.1, -0.05) is 17.7 Å². The SMILES string of the molecule is Cc1ccc2scc(B(O)O)c2c1.[HH].[HH]. The Bertz CT molecular complexity index is 445. The Morgan fingerprint density at radius 2 is 2.15 bits per heavy atom. The van der Waals surface area contributed by atoms with Crippen LogP contribution in [0.5, 0.6) is 0 Å². The molecule has 2 N–H and O–H groups in total. The van der Waals surface area contributed by atoms with Crippen molar-refractivity contribution in [2.24, 2.45) is 0 Å². The zero-order valence-corrected chi connectivity index (χ0v) is 8.01. The summed E-state index contributed by atoms with van der Waals surface area (Å²) < 4.78 is 1.09. The molecule has 0 spiro atoms. The summed E-state index contributed by atoms with van der Waals surface area (Å²) in [5, 5.41) is 20.9. The molecule has 4 heteroatoms. The van der Waals surface area contributed by atoms with E-state index in [0.29, 0.717) is 5.46 Å². The third-order valence-electron chi connectivity index (χ3n) is 2.04. The molecule has 2 rings (SSSR count). The molecule has 0 unspecified atom stereocenters. The van der Waals surface area contributed by atoms with E-state index in [2.05, 4.69) is 0 Å². The van der Waals surface area contributed by atoms with Crippen LogP contribution in [0.2, 0.25) is 0 Å². The van der Waals surface area contributed by atoms with Gasteiger partial charge >= 0.3 is 7.12 Å². The highest BCUT2D eigenvalue weighted by Crippen LogP contribution is 2.20. The van der Waals surface area contributed by atoms with E-state index < -0.39 is 7.12 Å². The molecule has 0 radical (unpaired) electrons. The van der Waals surface area contributed by atoms with Crippen LogP contribution in [-0.2, 0) is 0 Å². The number of hydrogen-bond donors (Lipinski definition) is 2. The smallest absolute Gasteiger partial charge is 0.423 e. The summed E-state index contributed by atoms with van der Waals surface area (Å²) >= 11 is 1.53. The molecular formula is C9H13BO2S. The van der Waals surface area contributed by atoms with Crippen LogP contribution in [-0.4, -0.2) is 17.2 Å². The zero-order valence-electron chi connectivity index (χ0n) is 7.19. The molecule has 0 aliphatic rings. The molecule has 0 fully saturated rings. The van der Waals surface area contributed by atoms with Crippen molar-refractivity contribution in [1.29, 1.82) is 0 Å². The number of rotatable bonds is 1. The van der Waals surface area contributed by atoms with Gasteiger partial charge < -0.3 is 10.0 Å². The summed E-state index contributed by atoms with van der Waals surface area (Å²) in [6, 6.07) is 5.99. The summed E-state index contributed by atoms with van der Waals surface area (Å²) in [5.74, 6) is 0. The standard InChI is InChI=1S/C9H9BO2S.2H2/c1-6-2-3-9-7(4-6)8(5-13-9)10(11)12;;/h2-5,11-12H,1H3;2*1H. The van der Waals surface area contributed by atoms with E-state index in [1.807, 2.05) is 25.1 Å². The molecule has 70 valence electrons. The van der Waals surface area contributed by atoms with E-state index >= 15 is 0 Å². The average molecular weight is 196 g/mol. The lowest BCUT2D eigenvalue weighted by atomic mass is 9.80. The minimum absolute atomic E-state index is 0. The molecule has 0 aliphatic heterocycles. The third kappa shape index (κ3) is 1.48. The second-order valence-corrected chi connectivity index (χ2v) is 3.98. The number of hydrogen-bond acceptors (Lipinski definition) is 3. The summed E-state index contributed by atoms with van der Waals surface area (Å²) in [6.45, 7) is 1.99. The van der Waals surface area contributed by atoms with Crippen molar-refractivity contribution in [1.82, 2.24) is 0 Å². The molecule has 1 heterocycles. The second-order valence-electron chi connectivity index (χ2n) is 3.06.